The zero-order valence-corrected chi connectivity index (χ0v) is 20.8. The molecule has 0 amide bonds. The summed E-state index contributed by atoms with van der Waals surface area (Å²) < 4.78 is 5.41. The summed E-state index contributed by atoms with van der Waals surface area (Å²) in [5, 5.41) is 3.71. The van der Waals surface area contributed by atoms with E-state index >= 15 is 0 Å². The van der Waals surface area contributed by atoms with Gasteiger partial charge >= 0.3 is 197 Å². The van der Waals surface area contributed by atoms with Crippen LogP contribution in [0.4, 0.5) is 0 Å². The maximum absolute atomic E-state index is 8.40. The van der Waals surface area contributed by atoms with E-state index in [1.807, 2.05) is 12.1 Å². The number of benzene rings is 4. The number of hydrogen-bond donors (Lipinski definition) is 0. The topological polar surface area (TPSA) is 9.23 Å². The standard InChI is InChI=1S/C29H30ClOP/c1-22-11-5-8-14-27(22)32(30,28-15-9-6-12-23(28)2,29-16-10-7-13-24(29)3)21-25-17-19-26(31-4)20-18-25/h5-20H,21H2,1-4H3. The van der Waals surface area contributed by atoms with Crippen LogP contribution < -0.4 is 20.7 Å². The van der Waals surface area contributed by atoms with E-state index in [0.29, 0.717) is 0 Å². The third-order valence-corrected chi connectivity index (χ3v) is 14.0. The summed E-state index contributed by atoms with van der Waals surface area (Å²) in [6.07, 6.45) is 0.734. The van der Waals surface area contributed by atoms with E-state index in [-0.39, 0.29) is 0 Å². The Kier molecular flexibility index (Phi) is 6.17. The van der Waals surface area contributed by atoms with E-state index in [0.717, 1.165) is 11.9 Å². The van der Waals surface area contributed by atoms with Gasteiger partial charge in [-0.1, -0.05) is 0 Å². The second-order valence-electron chi connectivity index (χ2n) is 8.55. The Bertz CT molecular complexity index is 1130. The van der Waals surface area contributed by atoms with Gasteiger partial charge in [0.1, 0.15) is 0 Å². The maximum atomic E-state index is 8.40. The second kappa shape index (κ2) is 8.74. The van der Waals surface area contributed by atoms with E-state index in [1.165, 1.54) is 38.2 Å². The zero-order chi connectivity index (χ0) is 22.8. The van der Waals surface area contributed by atoms with Crippen molar-refractivity contribution in [2.45, 2.75) is 26.9 Å². The van der Waals surface area contributed by atoms with Gasteiger partial charge in [0.05, 0.1) is 0 Å². The average Bonchev–Trinajstić information content (AvgIpc) is 2.80. The van der Waals surface area contributed by atoms with Crippen LogP contribution in [0.25, 0.3) is 0 Å². The van der Waals surface area contributed by atoms with E-state index in [2.05, 4.69) is 106 Å². The Hall–Kier alpha value is -2.60. The minimum absolute atomic E-state index is 0.734. The number of hydrogen-bond acceptors (Lipinski definition) is 1. The number of aryl methyl sites for hydroxylation is 3. The van der Waals surface area contributed by atoms with Gasteiger partial charge in [-0.2, -0.15) is 0 Å². The number of rotatable bonds is 6. The van der Waals surface area contributed by atoms with Crippen molar-refractivity contribution in [3.05, 3.63) is 119 Å². The molecule has 1 nitrogen and oxygen atoms in total. The molecule has 0 saturated carbocycles. The van der Waals surface area contributed by atoms with Gasteiger partial charge in [-0.25, -0.2) is 0 Å². The molecule has 0 aliphatic rings. The van der Waals surface area contributed by atoms with Crippen molar-refractivity contribution in [1.82, 2.24) is 0 Å². The van der Waals surface area contributed by atoms with Crippen molar-refractivity contribution >= 4 is 33.1 Å². The third kappa shape index (κ3) is 3.64. The van der Waals surface area contributed by atoms with Crippen LogP contribution in [-0.4, -0.2) is 7.11 Å². The predicted molar refractivity (Wildman–Crippen MR) is 142 cm³/mol. The van der Waals surface area contributed by atoms with Crippen LogP contribution in [0.1, 0.15) is 22.3 Å². The van der Waals surface area contributed by atoms with Gasteiger partial charge in [-0.15, -0.1) is 0 Å². The molecule has 4 aromatic carbocycles. The molecule has 0 atom stereocenters. The van der Waals surface area contributed by atoms with E-state index < -0.39 is 5.96 Å². The first-order valence-electron chi connectivity index (χ1n) is 10.9. The van der Waals surface area contributed by atoms with Crippen molar-refractivity contribution in [3.8, 4) is 5.75 Å². The van der Waals surface area contributed by atoms with Crippen LogP contribution in [0.3, 0.4) is 0 Å². The fraction of sp³-hybridized carbons (Fsp3) is 0.172. The molecule has 0 fully saturated rings. The van der Waals surface area contributed by atoms with Crippen molar-refractivity contribution < 1.29 is 4.74 Å². The van der Waals surface area contributed by atoms with Crippen LogP contribution >= 0.6 is 17.2 Å². The summed E-state index contributed by atoms with van der Waals surface area (Å²) in [4.78, 5) is 0. The quantitative estimate of drug-likeness (QED) is 0.287. The number of methoxy groups -OCH3 is 1. The number of halogens is 1. The van der Waals surface area contributed by atoms with Crippen LogP contribution in [0.15, 0.2) is 97.1 Å². The summed E-state index contributed by atoms with van der Waals surface area (Å²) >= 11 is 8.40. The molecule has 4 aromatic rings. The van der Waals surface area contributed by atoms with Crippen molar-refractivity contribution in [2.24, 2.45) is 0 Å². The molecule has 0 aliphatic heterocycles. The normalized spacial score (nSPS) is 12.7. The Labute approximate surface area is 196 Å². The summed E-state index contributed by atoms with van der Waals surface area (Å²) in [6, 6.07) is 34.3. The fourth-order valence-electron chi connectivity index (χ4n) is 4.98. The molecule has 0 unspecified atom stereocenters. The van der Waals surface area contributed by atoms with Crippen molar-refractivity contribution in [3.63, 3.8) is 0 Å². The molecular formula is C29H30ClOP. The summed E-state index contributed by atoms with van der Waals surface area (Å²) in [5.74, 6) is -2.57. The monoisotopic (exact) mass is 460 g/mol. The first-order valence-corrected chi connectivity index (χ1v) is 14.3. The molecule has 0 aromatic heterocycles. The fourth-order valence-corrected chi connectivity index (χ4v) is 12.9. The Balaban J connectivity index is 2.16. The van der Waals surface area contributed by atoms with Crippen LogP contribution in [0.2, 0.25) is 0 Å². The van der Waals surface area contributed by atoms with E-state index in [1.54, 1.807) is 7.11 Å². The predicted octanol–water partition coefficient (Wildman–Crippen LogP) is 6.80. The molecule has 0 saturated heterocycles. The zero-order valence-electron chi connectivity index (χ0n) is 19.2. The summed E-state index contributed by atoms with van der Waals surface area (Å²) in [5.41, 5.74) is 4.87. The molecule has 164 valence electrons. The Morgan fingerprint density at radius 2 is 0.969 bits per heavy atom. The molecule has 32 heavy (non-hydrogen) atoms. The van der Waals surface area contributed by atoms with Crippen LogP contribution in [0, 0.1) is 20.8 Å². The van der Waals surface area contributed by atoms with Gasteiger partial charge in [-0.3, -0.25) is 0 Å². The molecule has 0 spiro atoms. The SMILES string of the molecule is COc1ccc(CP(Cl)(c2ccccc2C)(c2ccccc2C)c2ccccc2C)cc1. The molecule has 0 heterocycles. The van der Waals surface area contributed by atoms with Crippen LogP contribution in [-0.2, 0) is 6.16 Å². The summed E-state index contributed by atoms with van der Waals surface area (Å²) in [6.45, 7) is 6.55. The van der Waals surface area contributed by atoms with Gasteiger partial charge in [0.15, 0.2) is 0 Å². The van der Waals surface area contributed by atoms with Gasteiger partial charge in [0.2, 0.25) is 0 Å². The first-order chi connectivity index (χ1) is 15.4. The molecular weight excluding hydrogens is 431 g/mol. The minimum atomic E-state index is -3.42. The molecule has 0 N–H and O–H groups in total. The van der Waals surface area contributed by atoms with Gasteiger partial charge in [0, 0.05) is 0 Å². The first kappa shape index (κ1) is 22.6. The third-order valence-electron chi connectivity index (χ3n) is 6.49. The van der Waals surface area contributed by atoms with E-state index in [4.69, 9.17) is 16.0 Å². The average molecular weight is 461 g/mol. The van der Waals surface area contributed by atoms with Crippen molar-refractivity contribution in [2.75, 3.05) is 7.11 Å². The Morgan fingerprint density at radius 3 is 1.31 bits per heavy atom. The Morgan fingerprint density at radius 1 is 0.594 bits per heavy atom. The van der Waals surface area contributed by atoms with Gasteiger partial charge in [0.25, 0.3) is 0 Å². The molecule has 0 radical (unpaired) electrons. The molecule has 4 rings (SSSR count). The van der Waals surface area contributed by atoms with Gasteiger partial charge in [-0.05, 0) is 0 Å². The van der Waals surface area contributed by atoms with E-state index in [9.17, 15) is 0 Å². The van der Waals surface area contributed by atoms with Crippen LogP contribution in [0.5, 0.6) is 5.75 Å². The molecule has 0 bridgehead atoms. The van der Waals surface area contributed by atoms with Crippen molar-refractivity contribution in [1.29, 1.82) is 0 Å². The molecule has 3 heteroatoms. The number of ether oxygens (including phenoxy) is 1. The second-order valence-corrected chi connectivity index (χ2v) is 14.9. The molecule has 0 aliphatic carbocycles. The summed E-state index contributed by atoms with van der Waals surface area (Å²) in [7, 11) is 1.70. The van der Waals surface area contributed by atoms with Gasteiger partial charge < -0.3 is 0 Å².